The maximum Gasteiger partial charge on any atom is 0.254 e. The summed E-state index contributed by atoms with van der Waals surface area (Å²) in [4.78, 5) is 15.4. The number of hydrogen-bond donors (Lipinski definition) is 0. The van der Waals surface area contributed by atoms with Crippen LogP contribution in [-0.2, 0) is 19.6 Å². The van der Waals surface area contributed by atoms with E-state index in [1.807, 2.05) is 53.4 Å². The van der Waals surface area contributed by atoms with Gasteiger partial charge in [0.25, 0.3) is 5.91 Å². The molecule has 41 heavy (non-hydrogen) atoms. The minimum absolute atomic E-state index is 0. The number of pyridine rings is 1. The van der Waals surface area contributed by atoms with Crippen molar-refractivity contribution < 1.29 is 42.8 Å². The third-order valence-electron chi connectivity index (χ3n) is 7.36. The molecular formula is C35H49IN2O3. The number of aromatic nitrogens is 1. The molecule has 1 aromatic heterocycles. The molecule has 1 amide bonds. The van der Waals surface area contributed by atoms with Crippen molar-refractivity contribution in [3.8, 4) is 11.5 Å². The number of amides is 1. The summed E-state index contributed by atoms with van der Waals surface area (Å²) in [7, 11) is 1.67. The Kier molecular flexibility index (Phi) is 17.1. The molecule has 0 radical (unpaired) electrons. The Balaban J connectivity index is 0.00000588. The standard InChI is InChI=1S/C35H49N2O3.HI/c1-4-6-7-8-9-10-11-12-13-17-26-40-33-21-20-31(27-34(33)39-3)29-37(35(38)32-18-15-14-16-19-32)28-30-22-24-36(5-2)25-23-30;/h14-16,18-25,27H,4-13,17,26,28-29H2,1-3H3;1H/q+1;/p-1. The van der Waals surface area contributed by atoms with Crippen LogP contribution in [0.2, 0.25) is 0 Å². The Bertz CT molecular complexity index is 1120. The minimum Gasteiger partial charge on any atom is -1.00 e. The van der Waals surface area contributed by atoms with Gasteiger partial charge < -0.3 is 38.4 Å². The summed E-state index contributed by atoms with van der Waals surface area (Å²) in [5, 5.41) is 0. The van der Waals surface area contributed by atoms with E-state index in [1.165, 1.54) is 57.8 Å². The van der Waals surface area contributed by atoms with Crippen LogP contribution in [-0.4, -0.2) is 24.5 Å². The predicted molar refractivity (Wildman–Crippen MR) is 163 cm³/mol. The number of benzene rings is 2. The van der Waals surface area contributed by atoms with E-state index in [-0.39, 0.29) is 29.9 Å². The largest absolute Gasteiger partial charge is 1.00 e. The lowest BCUT2D eigenvalue weighted by molar-refractivity contribution is -0.693. The summed E-state index contributed by atoms with van der Waals surface area (Å²) in [5.41, 5.74) is 2.79. The molecule has 6 heteroatoms. The van der Waals surface area contributed by atoms with E-state index in [9.17, 15) is 4.79 Å². The highest BCUT2D eigenvalue weighted by molar-refractivity contribution is 5.94. The first-order valence-electron chi connectivity index (χ1n) is 15.3. The van der Waals surface area contributed by atoms with Crippen LogP contribution in [0.5, 0.6) is 11.5 Å². The van der Waals surface area contributed by atoms with Crippen LogP contribution in [0.4, 0.5) is 0 Å². The van der Waals surface area contributed by atoms with E-state index in [1.54, 1.807) is 7.11 Å². The number of carbonyl (C=O) groups is 1. The third-order valence-corrected chi connectivity index (χ3v) is 7.36. The van der Waals surface area contributed by atoms with Gasteiger partial charge in [-0.1, -0.05) is 89.0 Å². The molecule has 0 bridgehead atoms. The summed E-state index contributed by atoms with van der Waals surface area (Å²) >= 11 is 0. The van der Waals surface area contributed by atoms with Crippen LogP contribution in [0.25, 0.3) is 0 Å². The molecule has 0 saturated heterocycles. The molecule has 2 aromatic carbocycles. The van der Waals surface area contributed by atoms with Crippen molar-refractivity contribution in [3.05, 3.63) is 89.7 Å². The van der Waals surface area contributed by atoms with Crippen molar-refractivity contribution in [2.24, 2.45) is 0 Å². The molecule has 0 aliphatic carbocycles. The van der Waals surface area contributed by atoms with Crippen LogP contribution >= 0.6 is 0 Å². The normalized spacial score (nSPS) is 10.6. The summed E-state index contributed by atoms with van der Waals surface area (Å²) < 4.78 is 13.9. The average molecular weight is 673 g/mol. The Hall–Kier alpha value is -2.61. The number of rotatable bonds is 19. The number of nitrogens with zero attached hydrogens (tertiary/aromatic N) is 2. The molecule has 0 spiro atoms. The third kappa shape index (κ3) is 12.4. The average Bonchev–Trinajstić information content (AvgIpc) is 3.00. The monoisotopic (exact) mass is 672 g/mol. The number of methoxy groups -OCH3 is 1. The van der Waals surface area contributed by atoms with Gasteiger partial charge in [0.05, 0.1) is 13.7 Å². The highest BCUT2D eigenvalue weighted by Crippen LogP contribution is 2.29. The summed E-state index contributed by atoms with van der Waals surface area (Å²) in [5.74, 6) is 1.48. The lowest BCUT2D eigenvalue weighted by atomic mass is 10.1. The van der Waals surface area contributed by atoms with Gasteiger partial charge >= 0.3 is 0 Å². The van der Waals surface area contributed by atoms with Crippen LogP contribution in [0.15, 0.2) is 73.1 Å². The van der Waals surface area contributed by atoms with E-state index in [4.69, 9.17) is 9.47 Å². The van der Waals surface area contributed by atoms with E-state index >= 15 is 0 Å². The maximum absolute atomic E-state index is 13.5. The summed E-state index contributed by atoms with van der Waals surface area (Å²) in [6.45, 7) is 6.99. The van der Waals surface area contributed by atoms with E-state index in [2.05, 4.69) is 42.9 Å². The lowest BCUT2D eigenvalue weighted by Gasteiger charge is -2.23. The molecule has 3 rings (SSSR count). The van der Waals surface area contributed by atoms with Crippen molar-refractivity contribution in [1.29, 1.82) is 0 Å². The minimum atomic E-state index is 0. The van der Waals surface area contributed by atoms with Crippen LogP contribution < -0.4 is 38.0 Å². The molecule has 0 aliphatic heterocycles. The van der Waals surface area contributed by atoms with Crippen LogP contribution in [0.1, 0.15) is 99.5 Å². The molecular weight excluding hydrogens is 623 g/mol. The fourth-order valence-electron chi connectivity index (χ4n) is 4.91. The number of ether oxygens (including phenoxy) is 2. The SMILES string of the molecule is CCCCCCCCCCCCOc1ccc(CN(Cc2cc[n+](CC)cc2)C(=O)c2ccccc2)cc1OC.[I-]. The molecule has 0 aliphatic rings. The van der Waals surface area contributed by atoms with Crippen molar-refractivity contribution in [2.45, 2.75) is 97.7 Å². The zero-order chi connectivity index (χ0) is 28.4. The predicted octanol–water partition coefficient (Wildman–Crippen LogP) is 5.15. The van der Waals surface area contributed by atoms with Gasteiger partial charge in [-0.25, -0.2) is 4.57 Å². The van der Waals surface area contributed by atoms with Crippen molar-refractivity contribution >= 4 is 5.91 Å². The molecule has 1 heterocycles. The van der Waals surface area contributed by atoms with E-state index < -0.39 is 0 Å². The molecule has 224 valence electrons. The summed E-state index contributed by atoms with van der Waals surface area (Å²) in [6, 6.07) is 19.7. The first kappa shape index (κ1) is 34.6. The van der Waals surface area contributed by atoms with Gasteiger partial charge in [0.2, 0.25) is 0 Å². The maximum atomic E-state index is 13.5. The number of carbonyl (C=O) groups excluding carboxylic acids is 1. The Morgan fingerprint density at radius 1 is 0.732 bits per heavy atom. The zero-order valence-corrected chi connectivity index (χ0v) is 27.5. The molecule has 3 aromatic rings. The summed E-state index contributed by atoms with van der Waals surface area (Å²) in [6.07, 6.45) is 17.2. The van der Waals surface area contributed by atoms with Gasteiger partial charge in [0, 0.05) is 30.8 Å². The van der Waals surface area contributed by atoms with Gasteiger partial charge in [0.15, 0.2) is 23.9 Å². The second-order valence-electron chi connectivity index (χ2n) is 10.6. The Morgan fingerprint density at radius 3 is 1.95 bits per heavy atom. The van der Waals surface area contributed by atoms with Gasteiger partial charge in [-0.2, -0.15) is 0 Å². The first-order valence-corrected chi connectivity index (χ1v) is 15.3. The molecule has 0 saturated carbocycles. The second-order valence-corrected chi connectivity index (χ2v) is 10.6. The second kappa shape index (κ2) is 20.3. The van der Waals surface area contributed by atoms with E-state index in [0.717, 1.165) is 29.8 Å². The smallest absolute Gasteiger partial charge is 0.254 e. The van der Waals surface area contributed by atoms with Gasteiger partial charge in [-0.3, -0.25) is 4.79 Å². The molecule has 5 nitrogen and oxygen atoms in total. The number of unbranched alkanes of at least 4 members (excludes halogenated alkanes) is 9. The van der Waals surface area contributed by atoms with Crippen LogP contribution in [0.3, 0.4) is 0 Å². The van der Waals surface area contributed by atoms with Crippen LogP contribution in [0, 0.1) is 0 Å². The van der Waals surface area contributed by atoms with Gasteiger partial charge in [-0.05, 0) is 48.7 Å². The molecule has 0 fully saturated rings. The quantitative estimate of drug-likeness (QED) is 0.101. The number of aryl methyl sites for hydroxylation is 1. The first-order chi connectivity index (χ1) is 19.6. The van der Waals surface area contributed by atoms with Gasteiger partial charge in [-0.15, -0.1) is 0 Å². The molecule has 0 atom stereocenters. The van der Waals surface area contributed by atoms with Gasteiger partial charge in [0.1, 0.15) is 6.54 Å². The van der Waals surface area contributed by atoms with E-state index in [0.29, 0.717) is 31.0 Å². The fourth-order valence-corrected chi connectivity index (χ4v) is 4.91. The zero-order valence-electron chi connectivity index (χ0n) is 25.3. The number of hydrogen-bond acceptors (Lipinski definition) is 3. The lowest BCUT2D eigenvalue weighted by Crippen LogP contribution is -3.00. The topological polar surface area (TPSA) is 42.7 Å². The van der Waals surface area contributed by atoms with Crippen molar-refractivity contribution in [3.63, 3.8) is 0 Å². The number of halogens is 1. The molecule has 0 N–H and O–H groups in total. The van der Waals surface area contributed by atoms with Crippen molar-refractivity contribution in [2.75, 3.05) is 13.7 Å². The van der Waals surface area contributed by atoms with Crippen molar-refractivity contribution in [1.82, 2.24) is 4.90 Å². The Labute approximate surface area is 265 Å². The highest BCUT2D eigenvalue weighted by Gasteiger charge is 2.18. The molecule has 0 unspecified atom stereocenters. The highest BCUT2D eigenvalue weighted by atomic mass is 127. The Morgan fingerprint density at radius 2 is 1.34 bits per heavy atom. The fraction of sp³-hybridized carbons (Fsp3) is 0.486.